The van der Waals surface area contributed by atoms with E-state index in [1.807, 2.05) is 20.8 Å². The van der Waals surface area contributed by atoms with E-state index in [-0.39, 0.29) is 18.3 Å². The van der Waals surface area contributed by atoms with Gasteiger partial charge in [-0.25, -0.2) is 4.79 Å². The molecule has 2 rings (SSSR count). The Morgan fingerprint density at radius 1 is 0.885 bits per heavy atom. The summed E-state index contributed by atoms with van der Waals surface area (Å²) >= 11 is 0. The summed E-state index contributed by atoms with van der Waals surface area (Å²) in [6, 6.07) is 12.2. The first-order chi connectivity index (χ1) is 12.3. The molecule has 0 fully saturated rings. The third kappa shape index (κ3) is 5.51. The minimum Gasteiger partial charge on any atom is -0.508 e. The molecule has 0 aliphatic carbocycles. The van der Waals surface area contributed by atoms with Crippen molar-refractivity contribution < 1.29 is 28.9 Å². The van der Waals surface area contributed by atoms with Gasteiger partial charge in [0.25, 0.3) is 0 Å². The van der Waals surface area contributed by atoms with E-state index in [9.17, 15) is 14.7 Å². The van der Waals surface area contributed by atoms with Crippen LogP contribution in [0.15, 0.2) is 48.5 Å². The fourth-order valence-electron chi connectivity index (χ4n) is 1.81. The zero-order valence-corrected chi connectivity index (χ0v) is 15.0. The summed E-state index contributed by atoms with van der Waals surface area (Å²) in [6.07, 6.45) is 0.677. The van der Waals surface area contributed by atoms with Gasteiger partial charge < -0.3 is 19.3 Å². The largest absolute Gasteiger partial charge is 0.508 e. The molecule has 0 aliphatic heterocycles. The molecule has 0 atom stereocenters. The van der Waals surface area contributed by atoms with Crippen molar-refractivity contribution in [3.8, 4) is 23.0 Å². The SMILES string of the molecule is CCC(C)(C)C(=O)Oc1ccc(OCC(=O)Oc2ccc(O)cc2)cc1. The summed E-state index contributed by atoms with van der Waals surface area (Å²) in [5.74, 6) is 0.390. The molecule has 2 aromatic rings. The molecule has 0 amide bonds. The van der Waals surface area contributed by atoms with Gasteiger partial charge in [0.15, 0.2) is 6.61 Å². The van der Waals surface area contributed by atoms with Crippen molar-refractivity contribution in [3.63, 3.8) is 0 Å². The van der Waals surface area contributed by atoms with Crippen molar-refractivity contribution >= 4 is 11.9 Å². The second-order valence-electron chi connectivity index (χ2n) is 6.36. The first-order valence-electron chi connectivity index (χ1n) is 8.25. The quantitative estimate of drug-likeness (QED) is 0.600. The van der Waals surface area contributed by atoms with Crippen LogP contribution in [0.1, 0.15) is 27.2 Å². The van der Waals surface area contributed by atoms with E-state index in [2.05, 4.69) is 0 Å². The summed E-state index contributed by atoms with van der Waals surface area (Å²) in [5.41, 5.74) is -0.548. The maximum Gasteiger partial charge on any atom is 0.349 e. The highest BCUT2D eigenvalue weighted by Gasteiger charge is 2.27. The molecule has 138 valence electrons. The van der Waals surface area contributed by atoms with Gasteiger partial charge in [-0.1, -0.05) is 6.92 Å². The molecule has 0 aliphatic rings. The summed E-state index contributed by atoms with van der Waals surface area (Å²) in [5, 5.41) is 9.18. The second kappa shape index (κ2) is 8.38. The molecule has 2 aromatic carbocycles. The van der Waals surface area contributed by atoms with Crippen molar-refractivity contribution in [2.45, 2.75) is 27.2 Å². The highest BCUT2D eigenvalue weighted by molar-refractivity contribution is 5.78. The summed E-state index contributed by atoms with van der Waals surface area (Å²) in [7, 11) is 0. The lowest BCUT2D eigenvalue weighted by atomic mass is 9.91. The molecule has 1 N–H and O–H groups in total. The number of hydrogen-bond acceptors (Lipinski definition) is 6. The molecular weight excluding hydrogens is 336 g/mol. The fourth-order valence-corrected chi connectivity index (χ4v) is 1.81. The molecule has 6 heteroatoms. The first-order valence-corrected chi connectivity index (χ1v) is 8.25. The van der Waals surface area contributed by atoms with E-state index in [1.54, 1.807) is 24.3 Å². The van der Waals surface area contributed by atoms with E-state index in [4.69, 9.17) is 14.2 Å². The molecule has 26 heavy (non-hydrogen) atoms. The Morgan fingerprint density at radius 3 is 1.96 bits per heavy atom. The van der Waals surface area contributed by atoms with E-state index in [0.717, 1.165) is 0 Å². The highest BCUT2D eigenvalue weighted by atomic mass is 16.6. The number of phenolic OH excluding ortho intramolecular Hbond substituents is 1. The van der Waals surface area contributed by atoms with Crippen LogP contribution in [-0.4, -0.2) is 23.7 Å². The van der Waals surface area contributed by atoms with Crippen molar-refractivity contribution in [2.24, 2.45) is 5.41 Å². The molecular formula is C20H22O6. The van der Waals surface area contributed by atoms with E-state index in [1.165, 1.54) is 24.3 Å². The molecule has 0 saturated heterocycles. The van der Waals surface area contributed by atoms with Gasteiger partial charge in [-0.05, 0) is 68.8 Å². The topological polar surface area (TPSA) is 82.1 Å². The predicted octanol–water partition coefficient (Wildman–Crippen LogP) is 3.72. The van der Waals surface area contributed by atoms with Gasteiger partial charge in [-0.15, -0.1) is 0 Å². The van der Waals surface area contributed by atoms with Crippen molar-refractivity contribution in [3.05, 3.63) is 48.5 Å². The van der Waals surface area contributed by atoms with Crippen LogP contribution < -0.4 is 14.2 Å². The van der Waals surface area contributed by atoms with Crippen LogP contribution in [0.5, 0.6) is 23.0 Å². The van der Waals surface area contributed by atoms with Gasteiger partial charge in [0.2, 0.25) is 0 Å². The number of carbonyl (C=O) groups excluding carboxylic acids is 2. The molecule has 0 saturated carbocycles. The maximum atomic E-state index is 12.0. The van der Waals surface area contributed by atoms with Gasteiger partial charge in [-0.2, -0.15) is 0 Å². The van der Waals surface area contributed by atoms with Gasteiger partial charge in [0, 0.05) is 0 Å². The molecule has 0 radical (unpaired) electrons. The maximum absolute atomic E-state index is 12.0. The monoisotopic (exact) mass is 358 g/mol. The summed E-state index contributed by atoms with van der Waals surface area (Å²) < 4.78 is 15.8. The Morgan fingerprint density at radius 2 is 1.38 bits per heavy atom. The van der Waals surface area contributed by atoms with Crippen molar-refractivity contribution in [1.29, 1.82) is 0 Å². The molecule has 0 heterocycles. The molecule has 0 unspecified atom stereocenters. The van der Waals surface area contributed by atoms with Crippen LogP contribution in [0.3, 0.4) is 0 Å². The standard InChI is InChI=1S/C20H22O6/c1-4-20(2,3)19(23)26-17-11-9-15(10-12-17)24-13-18(22)25-16-7-5-14(21)6-8-16/h5-12,21H,4,13H2,1-3H3. The third-order valence-corrected chi connectivity index (χ3v) is 3.90. The Bertz CT molecular complexity index is 747. The van der Waals surface area contributed by atoms with Gasteiger partial charge in [-0.3, -0.25) is 4.79 Å². The minimum absolute atomic E-state index is 0.0872. The van der Waals surface area contributed by atoms with Crippen LogP contribution >= 0.6 is 0 Å². The zero-order valence-electron chi connectivity index (χ0n) is 15.0. The van der Waals surface area contributed by atoms with E-state index in [0.29, 0.717) is 23.7 Å². The number of carbonyl (C=O) groups is 2. The van der Waals surface area contributed by atoms with Crippen LogP contribution in [0.4, 0.5) is 0 Å². The third-order valence-electron chi connectivity index (χ3n) is 3.90. The van der Waals surface area contributed by atoms with Crippen LogP contribution in [0.25, 0.3) is 0 Å². The number of benzene rings is 2. The van der Waals surface area contributed by atoms with Gasteiger partial charge in [0.1, 0.15) is 23.0 Å². The molecule has 0 spiro atoms. The van der Waals surface area contributed by atoms with Crippen molar-refractivity contribution in [1.82, 2.24) is 0 Å². The van der Waals surface area contributed by atoms with Crippen LogP contribution in [-0.2, 0) is 9.59 Å². The lowest BCUT2D eigenvalue weighted by molar-refractivity contribution is -0.144. The van der Waals surface area contributed by atoms with Crippen molar-refractivity contribution in [2.75, 3.05) is 6.61 Å². The highest BCUT2D eigenvalue weighted by Crippen LogP contribution is 2.25. The van der Waals surface area contributed by atoms with Crippen LogP contribution in [0.2, 0.25) is 0 Å². The normalized spacial score (nSPS) is 10.9. The zero-order chi connectivity index (χ0) is 19.2. The molecule has 6 nitrogen and oxygen atoms in total. The Balaban J connectivity index is 1.84. The lowest BCUT2D eigenvalue weighted by Crippen LogP contribution is -2.28. The molecule has 0 aromatic heterocycles. The van der Waals surface area contributed by atoms with E-state index >= 15 is 0 Å². The number of rotatable bonds is 7. The first kappa shape index (κ1) is 19.3. The number of ether oxygens (including phenoxy) is 3. The van der Waals surface area contributed by atoms with Gasteiger partial charge in [0.05, 0.1) is 5.41 Å². The summed E-state index contributed by atoms with van der Waals surface area (Å²) in [6.45, 7) is 5.30. The Hall–Kier alpha value is -3.02. The Kier molecular flexibility index (Phi) is 6.22. The second-order valence-corrected chi connectivity index (χ2v) is 6.36. The predicted molar refractivity (Wildman–Crippen MR) is 95.4 cm³/mol. The number of hydrogen-bond donors (Lipinski definition) is 1. The number of aromatic hydroxyl groups is 1. The summed E-state index contributed by atoms with van der Waals surface area (Å²) in [4.78, 5) is 23.8. The number of phenols is 1. The minimum atomic E-state index is -0.573. The molecule has 0 bridgehead atoms. The number of esters is 2. The fraction of sp³-hybridized carbons (Fsp3) is 0.300. The van der Waals surface area contributed by atoms with Gasteiger partial charge >= 0.3 is 11.9 Å². The van der Waals surface area contributed by atoms with Crippen LogP contribution in [0, 0.1) is 5.41 Å². The Labute approximate surface area is 152 Å². The van der Waals surface area contributed by atoms with E-state index < -0.39 is 11.4 Å². The average Bonchev–Trinajstić information content (AvgIpc) is 2.63. The smallest absolute Gasteiger partial charge is 0.349 e. The lowest BCUT2D eigenvalue weighted by Gasteiger charge is -2.20. The average molecular weight is 358 g/mol.